The Labute approximate surface area is 134 Å². The number of hydrogen-bond donors (Lipinski definition) is 0. The maximum atomic E-state index is 12.5. The van der Waals surface area contributed by atoms with E-state index >= 15 is 0 Å². The second-order valence-corrected chi connectivity index (χ2v) is 9.02. The van der Waals surface area contributed by atoms with Crippen LogP contribution in [-0.4, -0.2) is 80.5 Å². The van der Waals surface area contributed by atoms with Gasteiger partial charge < -0.3 is 4.90 Å². The lowest BCUT2D eigenvalue weighted by atomic mass is 9.92. The van der Waals surface area contributed by atoms with Crippen LogP contribution < -0.4 is 0 Å². The molecule has 0 aromatic rings. The van der Waals surface area contributed by atoms with Gasteiger partial charge in [0.25, 0.3) is 0 Å². The number of amides is 1. The Kier molecular flexibility index (Phi) is 5.85. The first-order valence-electron chi connectivity index (χ1n) is 8.21. The van der Waals surface area contributed by atoms with Gasteiger partial charge in [-0.1, -0.05) is 13.8 Å². The van der Waals surface area contributed by atoms with Crippen LogP contribution >= 0.6 is 0 Å². The van der Waals surface area contributed by atoms with E-state index in [2.05, 4.69) is 18.7 Å². The number of hydrogen-bond acceptors (Lipinski definition) is 4. The molecule has 1 amide bonds. The highest BCUT2D eigenvalue weighted by molar-refractivity contribution is 7.88. The van der Waals surface area contributed by atoms with Crippen LogP contribution in [0, 0.1) is 11.8 Å². The minimum Gasteiger partial charge on any atom is -0.341 e. The van der Waals surface area contributed by atoms with Crippen molar-refractivity contribution in [2.45, 2.75) is 26.7 Å². The summed E-state index contributed by atoms with van der Waals surface area (Å²) >= 11 is 0. The van der Waals surface area contributed by atoms with Crippen molar-refractivity contribution in [1.82, 2.24) is 14.1 Å². The third-order valence-corrected chi connectivity index (χ3v) is 5.90. The van der Waals surface area contributed by atoms with Crippen molar-refractivity contribution in [3.8, 4) is 0 Å². The number of sulfonamides is 1. The molecule has 0 radical (unpaired) electrons. The number of piperidine rings is 1. The van der Waals surface area contributed by atoms with Gasteiger partial charge in [-0.3, -0.25) is 9.69 Å². The van der Waals surface area contributed by atoms with E-state index in [0.717, 1.165) is 26.1 Å². The fraction of sp³-hybridized carbons (Fsp3) is 0.933. The second-order valence-electron chi connectivity index (χ2n) is 7.04. The summed E-state index contributed by atoms with van der Waals surface area (Å²) in [6.07, 6.45) is 3.23. The fourth-order valence-electron chi connectivity index (χ4n) is 3.59. The quantitative estimate of drug-likeness (QED) is 0.754. The van der Waals surface area contributed by atoms with E-state index in [1.165, 1.54) is 17.0 Å². The Morgan fingerprint density at radius 1 is 1.05 bits per heavy atom. The van der Waals surface area contributed by atoms with Gasteiger partial charge in [0.1, 0.15) is 0 Å². The molecule has 128 valence electrons. The monoisotopic (exact) mass is 331 g/mol. The summed E-state index contributed by atoms with van der Waals surface area (Å²) in [5.41, 5.74) is 0. The first-order valence-corrected chi connectivity index (χ1v) is 10.1. The predicted octanol–water partition coefficient (Wildman–Crippen LogP) is 0.458. The van der Waals surface area contributed by atoms with Crippen molar-refractivity contribution in [3.05, 3.63) is 0 Å². The van der Waals surface area contributed by atoms with Crippen LogP contribution in [-0.2, 0) is 14.8 Å². The molecule has 2 aliphatic rings. The molecule has 0 saturated carbocycles. The zero-order valence-electron chi connectivity index (χ0n) is 14.0. The second kappa shape index (κ2) is 7.27. The minimum atomic E-state index is -3.12. The third-order valence-electron chi connectivity index (χ3n) is 4.60. The number of rotatable bonds is 3. The maximum Gasteiger partial charge on any atom is 0.236 e. The molecule has 22 heavy (non-hydrogen) atoms. The summed E-state index contributed by atoms with van der Waals surface area (Å²) in [5.74, 6) is 1.32. The molecule has 0 spiro atoms. The van der Waals surface area contributed by atoms with Gasteiger partial charge in [0, 0.05) is 32.7 Å². The van der Waals surface area contributed by atoms with E-state index in [4.69, 9.17) is 0 Å². The van der Waals surface area contributed by atoms with Gasteiger partial charge in [0.15, 0.2) is 0 Å². The standard InChI is InChI=1S/C15H29N3O3S/c1-13-9-14(2)11-17(10-13)15(19)12-16-5-4-6-18(8-7-16)22(3,20)21/h13-14H,4-12H2,1-3H3. The van der Waals surface area contributed by atoms with Gasteiger partial charge in [-0.05, 0) is 31.2 Å². The third kappa shape index (κ3) is 4.93. The number of carbonyl (C=O) groups excluding carboxylic acids is 1. The molecule has 7 heteroatoms. The minimum absolute atomic E-state index is 0.186. The summed E-state index contributed by atoms with van der Waals surface area (Å²) in [4.78, 5) is 16.6. The Bertz CT molecular complexity index is 484. The average molecular weight is 331 g/mol. The van der Waals surface area contributed by atoms with Crippen LogP contribution in [0.4, 0.5) is 0 Å². The molecular formula is C15H29N3O3S. The van der Waals surface area contributed by atoms with Crippen LogP contribution in [0.3, 0.4) is 0 Å². The summed E-state index contributed by atoms with van der Waals surface area (Å²) in [6.45, 7) is 8.99. The first kappa shape index (κ1) is 17.7. The summed E-state index contributed by atoms with van der Waals surface area (Å²) in [7, 11) is -3.12. The lowest BCUT2D eigenvalue weighted by Gasteiger charge is -2.36. The molecule has 0 bridgehead atoms. The highest BCUT2D eigenvalue weighted by atomic mass is 32.2. The predicted molar refractivity (Wildman–Crippen MR) is 87.0 cm³/mol. The zero-order chi connectivity index (χ0) is 16.3. The number of nitrogens with zero attached hydrogens (tertiary/aromatic N) is 3. The Balaban J connectivity index is 1.87. The van der Waals surface area contributed by atoms with Crippen molar-refractivity contribution in [3.63, 3.8) is 0 Å². The van der Waals surface area contributed by atoms with Crippen molar-refractivity contribution in [2.75, 3.05) is 52.1 Å². The molecule has 2 rings (SSSR count). The van der Waals surface area contributed by atoms with E-state index in [1.54, 1.807) is 0 Å². The van der Waals surface area contributed by atoms with Gasteiger partial charge in [0.2, 0.25) is 15.9 Å². The SMILES string of the molecule is CC1CC(C)CN(C(=O)CN2CCCN(S(C)(=O)=O)CC2)C1. The molecular weight excluding hydrogens is 302 g/mol. The van der Waals surface area contributed by atoms with Gasteiger partial charge >= 0.3 is 0 Å². The number of carbonyl (C=O) groups is 1. The molecule has 2 atom stereocenters. The molecule has 2 aliphatic heterocycles. The molecule has 2 fully saturated rings. The van der Waals surface area contributed by atoms with Crippen molar-refractivity contribution in [1.29, 1.82) is 0 Å². The van der Waals surface area contributed by atoms with E-state index in [0.29, 0.717) is 38.0 Å². The van der Waals surface area contributed by atoms with E-state index in [1.807, 2.05) is 4.90 Å². The highest BCUT2D eigenvalue weighted by Gasteiger charge is 2.27. The molecule has 0 aromatic carbocycles. The fourth-order valence-corrected chi connectivity index (χ4v) is 4.47. The molecule has 0 aliphatic carbocycles. The first-order chi connectivity index (χ1) is 10.3. The van der Waals surface area contributed by atoms with Crippen LogP contribution in [0.15, 0.2) is 0 Å². The van der Waals surface area contributed by atoms with Crippen molar-refractivity contribution < 1.29 is 13.2 Å². The lowest BCUT2D eigenvalue weighted by Crippen LogP contribution is -2.47. The van der Waals surface area contributed by atoms with E-state index < -0.39 is 10.0 Å². The van der Waals surface area contributed by atoms with Gasteiger partial charge in [0.05, 0.1) is 12.8 Å². The molecule has 2 heterocycles. The molecule has 0 N–H and O–H groups in total. The van der Waals surface area contributed by atoms with Crippen molar-refractivity contribution >= 4 is 15.9 Å². The van der Waals surface area contributed by atoms with Crippen LogP contribution in [0.1, 0.15) is 26.7 Å². The van der Waals surface area contributed by atoms with Gasteiger partial charge in [-0.2, -0.15) is 0 Å². The summed E-state index contributed by atoms with van der Waals surface area (Å²) in [5, 5.41) is 0. The Morgan fingerprint density at radius 2 is 1.68 bits per heavy atom. The molecule has 0 aromatic heterocycles. The average Bonchev–Trinajstić information content (AvgIpc) is 2.62. The number of likely N-dealkylation sites (tertiary alicyclic amines) is 1. The summed E-state index contributed by atoms with van der Waals surface area (Å²) in [6, 6.07) is 0. The van der Waals surface area contributed by atoms with E-state index in [9.17, 15) is 13.2 Å². The summed E-state index contributed by atoms with van der Waals surface area (Å²) < 4.78 is 24.8. The lowest BCUT2D eigenvalue weighted by molar-refractivity contribution is -0.135. The van der Waals surface area contributed by atoms with Crippen molar-refractivity contribution in [2.24, 2.45) is 11.8 Å². The highest BCUT2D eigenvalue weighted by Crippen LogP contribution is 2.21. The molecule has 2 unspecified atom stereocenters. The molecule has 6 nitrogen and oxygen atoms in total. The largest absolute Gasteiger partial charge is 0.341 e. The molecule has 2 saturated heterocycles. The van der Waals surface area contributed by atoms with Gasteiger partial charge in [-0.15, -0.1) is 0 Å². The Morgan fingerprint density at radius 3 is 2.27 bits per heavy atom. The van der Waals surface area contributed by atoms with Crippen LogP contribution in [0.25, 0.3) is 0 Å². The maximum absolute atomic E-state index is 12.5. The van der Waals surface area contributed by atoms with Crippen LogP contribution in [0.5, 0.6) is 0 Å². The van der Waals surface area contributed by atoms with E-state index in [-0.39, 0.29) is 5.91 Å². The smallest absolute Gasteiger partial charge is 0.236 e. The van der Waals surface area contributed by atoms with Crippen LogP contribution in [0.2, 0.25) is 0 Å². The zero-order valence-corrected chi connectivity index (χ0v) is 14.8. The topological polar surface area (TPSA) is 60.9 Å². The Hall–Kier alpha value is -0.660. The van der Waals surface area contributed by atoms with Gasteiger partial charge in [-0.25, -0.2) is 12.7 Å². The normalized spacial score (nSPS) is 29.3.